The van der Waals surface area contributed by atoms with E-state index in [1.165, 1.54) is 6.07 Å². The number of nitrogens with zero attached hydrogens (tertiary/aromatic N) is 2. The lowest BCUT2D eigenvalue weighted by atomic mass is 9.96. The summed E-state index contributed by atoms with van der Waals surface area (Å²) in [5, 5.41) is 10.7. The zero-order chi connectivity index (χ0) is 26.1. The van der Waals surface area contributed by atoms with Crippen molar-refractivity contribution < 1.29 is 60.6 Å². The number of hydrogen-bond donors (Lipinski definition) is 6. The number of anilines is 1. The van der Waals surface area contributed by atoms with Crippen LogP contribution in [0, 0.1) is 11.8 Å². The van der Waals surface area contributed by atoms with Crippen LogP contribution in [0.4, 0.5) is 10.2 Å². The number of ether oxygens (including phenoxy) is 1. The van der Waals surface area contributed by atoms with Gasteiger partial charge >= 0.3 is 29.2 Å². The highest BCUT2D eigenvalue weighted by atomic mass is 35.5. The summed E-state index contributed by atoms with van der Waals surface area (Å²) < 4.78 is 65.0. The van der Waals surface area contributed by atoms with Gasteiger partial charge in [0.15, 0.2) is 11.1 Å². The van der Waals surface area contributed by atoms with Crippen molar-refractivity contribution in [3.05, 3.63) is 22.7 Å². The van der Waals surface area contributed by atoms with Gasteiger partial charge in [-0.2, -0.15) is 13.6 Å². The predicted octanol–water partition coefficient (Wildman–Crippen LogP) is -0.234. The molecule has 0 spiro atoms. The largest absolute Gasteiger partial charge is 0.490 e. The van der Waals surface area contributed by atoms with E-state index in [1.807, 2.05) is 5.92 Å². The topological polar surface area (TPSA) is 250 Å². The Labute approximate surface area is 194 Å². The van der Waals surface area contributed by atoms with Crippen molar-refractivity contribution in [3.8, 4) is 11.8 Å². The standard InChI is InChI=1S/C13H18ClFN3O13P3/c1-7(29-33(24,25)31-34(26,27)30-32(21,22)23)9-10(19)13(14,4-2-5-15)11(28-9)18-6-3-8(16)17-12(18)20/h3,6-7,9-11,19H,5H2,1H3,(H,24,25)(H,26,27)(H2,16,17,20)(H2,21,22,23)/t7-,9+,10-,11+,13?/m0/s1. The van der Waals surface area contributed by atoms with Crippen molar-refractivity contribution in [2.24, 2.45) is 0 Å². The number of nitrogens with two attached hydrogens (primary N) is 1. The van der Waals surface area contributed by atoms with E-state index in [1.54, 1.807) is 0 Å². The highest BCUT2D eigenvalue weighted by Gasteiger charge is 2.58. The van der Waals surface area contributed by atoms with Gasteiger partial charge in [0.25, 0.3) is 0 Å². The van der Waals surface area contributed by atoms with Gasteiger partial charge in [-0.3, -0.25) is 9.09 Å². The number of phosphoric ester groups is 1. The minimum atomic E-state index is -5.81. The molecule has 16 nitrogen and oxygen atoms in total. The quantitative estimate of drug-likeness (QED) is 0.134. The van der Waals surface area contributed by atoms with E-state index in [4.69, 9.17) is 31.9 Å². The number of hydrogen-bond acceptors (Lipinski definition) is 11. The summed E-state index contributed by atoms with van der Waals surface area (Å²) in [5.74, 6) is 4.00. The van der Waals surface area contributed by atoms with Crippen LogP contribution in [0.5, 0.6) is 0 Å². The fourth-order valence-electron chi connectivity index (χ4n) is 2.82. The molecule has 0 aromatic carbocycles. The Bertz CT molecular complexity index is 1180. The summed E-state index contributed by atoms with van der Waals surface area (Å²) in [7, 11) is -17.0. The fourth-order valence-corrected chi connectivity index (χ4v) is 6.37. The van der Waals surface area contributed by atoms with Gasteiger partial charge in [-0.15, -0.1) is 0 Å². The average molecular weight is 572 g/mol. The van der Waals surface area contributed by atoms with Crippen molar-refractivity contribution in [1.29, 1.82) is 0 Å². The monoisotopic (exact) mass is 571 g/mol. The van der Waals surface area contributed by atoms with Crippen LogP contribution in [0.25, 0.3) is 0 Å². The van der Waals surface area contributed by atoms with Crippen LogP contribution < -0.4 is 11.4 Å². The molecule has 1 fully saturated rings. The molecule has 1 aromatic heterocycles. The Morgan fingerprint density at radius 2 is 1.94 bits per heavy atom. The summed E-state index contributed by atoms with van der Waals surface area (Å²) >= 11 is 6.36. The average Bonchev–Trinajstić information content (AvgIpc) is 2.88. The maximum absolute atomic E-state index is 12.7. The number of halogens is 2. The lowest BCUT2D eigenvalue weighted by molar-refractivity contribution is -0.0749. The minimum absolute atomic E-state index is 0.174. The third-order valence-electron chi connectivity index (χ3n) is 4.02. The maximum Gasteiger partial charge on any atom is 0.490 e. The van der Waals surface area contributed by atoms with Crippen molar-refractivity contribution in [3.63, 3.8) is 0 Å². The van der Waals surface area contributed by atoms with E-state index in [-0.39, 0.29) is 5.82 Å². The smallest absolute Gasteiger partial charge is 0.387 e. The van der Waals surface area contributed by atoms with Crippen LogP contribution in [-0.2, 0) is 31.6 Å². The molecule has 2 rings (SSSR count). The van der Waals surface area contributed by atoms with Gasteiger partial charge in [0.05, 0.1) is 6.10 Å². The SMILES string of the molecule is C[C@H](OP(=O)(O)OP(=O)(O)OP(=O)(O)O)[C@H]1O[C@@H](n2ccc(N)nc2=O)C(Cl)(C#CCF)[C@H]1O. The summed E-state index contributed by atoms with van der Waals surface area (Å²) in [4.78, 5) is 49.5. The molecule has 3 unspecified atom stereocenters. The molecule has 1 saturated heterocycles. The molecular formula is C13H18ClFN3O13P3. The zero-order valence-electron chi connectivity index (χ0n) is 16.7. The van der Waals surface area contributed by atoms with Gasteiger partial charge in [0.1, 0.15) is 24.7 Å². The molecule has 7 N–H and O–H groups in total. The fraction of sp³-hybridized carbons (Fsp3) is 0.538. The second-order valence-corrected chi connectivity index (χ2v) is 11.5. The number of aromatic nitrogens is 2. The molecular weight excluding hydrogens is 554 g/mol. The van der Waals surface area contributed by atoms with E-state index < -0.39 is 65.2 Å². The minimum Gasteiger partial charge on any atom is -0.387 e. The molecule has 0 amide bonds. The van der Waals surface area contributed by atoms with E-state index in [2.05, 4.69) is 24.0 Å². The first-order chi connectivity index (χ1) is 15.4. The molecule has 1 aliphatic rings. The number of alkyl halides is 2. The number of phosphoric acid groups is 3. The molecule has 21 heteroatoms. The Morgan fingerprint density at radius 3 is 2.47 bits per heavy atom. The highest BCUT2D eigenvalue weighted by molar-refractivity contribution is 7.66. The highest BCUT2D eigenvalue weighted by Crippen LogP contribution is 2.66. The van der Waals surface area contributed by atoms with Crippen LogP contribution in [0.2, 0.25) is 0 Å². The van der Waals surface area contributed by atoms with Gasteiger partial charge in [-0.1, -0.05) is 23.4 Å². The summed E-state index contributed by atoms with van der Waals surface area (Å²) in [6, 6.07) is 1.17. The van der Waals surface area contributed by atoms with Crippen molar-refractivity contribution in [1.82, 2.24) is 9.55 Å². The lowest BCUT2D eigenvalue weighted by Crippen LogP contribution is -2.45. The first kappa shape index (κ1) is 29.0. The molecule has 0 saturated carbocycles. The summed E-state index contributed by atoms with van der Waals surface area (Å²) in [6.07, 6.45) is -5.96. The molecule has 2 heterocycles. The normalized spacial score (nSPS) is 29.5. The number of rotatable bonds is 8. The number of aliphatic hydroxyl groups is 1. The molecule has 0 aliphatic carbocycles. The Kier molecular flexibility index (Phi) is 8.89. The molecule has 1 aliphatic heterocycles. The van der Waals surface area contributed by atoms with Gasteiger partial charge < -0.3 is 35.2 Å². The first-order valence-corrected chi connectivity index (χ1v) is 13.6. The van der Waals surface area contributed by atoms with Crippen LogP contribution in [0.3, 0.4) is 0 Å². The molecule has 192 valence electrons. The van der Waals surface area contributed by atoms with Crippen LogP contribution >= 0.6 is 35.1 Å². The predicted molar refractivity (Wildman–Crippen MR) is 110 cm³/mol. The van der Waals surface area contributed by atoms with Crippen molar-refractivity contribution in [2.75, 3.05) is 12.4 Å². The molecule has 7 atom stereocenters. The van der Waals surface area contributed by atoms with E-state index in [0.29, 0.717) is 0 Å². The Morgan fingerprint density at radius 1 is 1.32 bits per heavy atom. The van der Waals surface area contributed by atoms with E-state index >= 15 is 0 Å². The number of aliphatic hydroxyl groups excluding tert-OH is 1. The zero-order valence-corrected chi connectivity index (χ0v) is 20.2. The Balaban J connectivity index is 2.34. The van der Waals surface area contributed by atoms with Gasteiger partial charge in [0.2, 0.25) is 0 Å². The first-order valence-electron chi connectivity index (χ1n) is 8.66. The van der Waals surface area contributed by atoms with Crippen LogP contribution in [0.15, 0.2) is 17.1 Å². The second-order valence-electron chi connectivity index (χ2n) is 6.55. The molecule has 0 bridgehead atoms. The van der Waals surface area contributed by atoms with Gasteiger partial charge in [-0.25, -0.2) is 22.9 Å². The number of nitrogen functional groups attached to an aromatic ring is 1. The summed E-state index contributed by atoms with van der Waals surface area (Å²) in [6.45, 7) is -0.205. The van der Waals surface area contributed by atoms with Gasteiger partial charge in [-0.05, 0) is 13.0 Å². The van der Waals surface area contributed by atoms with Gasteiger partial charge in [0, 0.05) is 6.20 Å². The van der Waals surface area contributed by atoms with E-state index in [0.717, 1.165) is 17.7 Å². The van der Waals surface area contributed by atoms with Crippen LogP contribution in [-0.4, -0.2) is 64.1 Å². The van der Waals surface area contributed by atoms with Crippen molar-refractivity contribution in [2.45, 2.75) is 36.3 Å². The Hall–Kier alpha value is -1.21. The molecule has 0 radical (unpaired) electrons. The lowest BCUT2D eigenvalue weighted by Gasteiger charge is -2.26. The molecule has 1 aromatic rings. The maximum atomic E-state index is 12.7. The molecule has 34 heavy (non-hydrogen) atoms. The third kappa shape index (κ3) is 7.16. The second kappa shape index (κ2) is 10.4. The van der Waals surface area contributed by atoms with E-state index in [9.17, 15) is 37.8 Å². The summed E-state index contributed by atoms with van der Waals surface area (Å²) in [5.41, 5.74) is 4.41. The van der Waals surface area contributed by atoms with Crippen molar-refractivity contribution >= 4 is 40.9 Å². The third-order valence-corrected chi connectivity index (χ3v) is 8.45. The van der Waals surface area contributed by atoms with Crippen LogP contribution in [0.1, 0.15) is 13.2 Å².